The Balaban J connectivity index is 1.82. The highest BCUT2D eigenvalue weighted by Gasteiger charge is 2.23. The van der Waals surface area contributed by atoms with Crippen LogP contribution in [0.4, 0.5) is 4.39 Å². The van der Waals surface area contributed by atoms with Crippen LogP contribution in [0.1, 0.15) is 41.8 Å². The molecule has 0 bridgehead atoms. The molecule has 0 spiro atoms. The van der Waals surface area contributed by atoms with Gasteiger partial charge in [0.15, 0.2) is 0 Å². The number of hydrogen-bond donors (Lipinski definition) is 0. The maximum absolute atomic E-state index is 13.3. The van der Waals surface area contributed by atoms with Gasteiger partial charge in [0.25, 0.3) is 0 Å². The van der Waals surface area contributed by atoms with Gasteiger partial charge in [-0.05, 0) is 54.3 Å². The first-order valence-corrected chi connectivity index (χ1v) is 10.1. The van der Waals surface area contributed by atoms with Crippen LogP contribution in [0, 0.1) is 5.82 Å². The van der Waals surface area contributed by atoms with Gasteiger partial charge < -0.3 is 9.64 Å². The van der Waals surface area contributed by atoms with Gasteiger partial charge in [0.1, 0.15) is 5.82 Å². The van der Waals surface area contributed by atoms with Gasteiger partial charge in [0.05, 0.1) is 24.9 Å². The fourth-order valence-corrected chi connectivity index (χ4v) is 3.55. The lowest BCUT2D eigenvalue weighted by Gasteiger charge is -2.31. The molecule has 0 radical (unpaired) electrons. The lowest BCUT2D eigenvalue weighted by molar-refractivity contribution is -0.134. The smallest absolute Gasteiger partial charge is 0.223 e. The van der Waals surface area contributed by atoms with E-state index in [9.17, 15) is 9.18 Å². The summed E-state index contributed by atoms with van der Waals surface area (Å²) in [6.07, 6.45) is 2.64. The maximum atomic E-state index is 13.3. The van der Waals surface area contributed by atoms with Crippen molar-refractivity contribution < 1.29 is 13.9 Å². The molecule has 0 aliphatic carbocycles. The van der Waals surface area contributed by atoms with Gasteiger partial charge in [-0.1, -0.05) is 42.5 Å². The predicted molar refractivity (Wildman–Crippen MR) is 115 cm³/mol. The highest BCUT2D eigenvalue weighted by molar-refractivity contribution is 5.77. The molecule has 0 fully saturated rings. The Morgan fingerprint density at radius 1 is 1.07 bits per heavy atom. The number of benzene rings is 2. The van der Waals surface area contributed by atoms with Gasteiger partial charge in [-0.2, -0.15) is 0 Å². The molecule has 0 saturated carbocycles. The van der Waals surface area contributed by atoms with Crippen molar-refractivity contribution in [2.45, 2.75) is 39.0 Å². The largest absolute Gasteiger partial charge is 0.380 e. The van der Waals surface area contributed by atoms with Crippen molar-refractivity contribution in [3.8, 4) is 0 Å². The van der Waals surface area contributed by atoms with E-state index in [-0.39, 0.29) is 17.8 Å². The van der Waals surface area contributed by atoms with Gasteiger partial charge in [-0.3, -0.25) is 9.78 Å². The first-order valence-electron chi connectivity index (χ1n) is 10.1. The number of methoxy groups -OCH3 is 1. The molecule has 2 aromatic carbocycles. The number of carbonyl (C=O) groups is 1. The SMILES string of the molecule is COCc1ccccc1[C@@H](C)N(Cc1ccccn1)C(=O)CCc1ccc(F)cc1. The quantitative estimate of drug-likeness (QED) is 0.497. The second kappa shape index (κ2) is 10.6. The fraction of sp³-hybridized carbons (Fsp3) is 0.280. The van der Waals surface area contributed by atoms with Gasteiger partial charge in [-0.15, -0.1) is 0 Å². The van der Waals surface area contributed by atoms with Crippen LogP contribution >= 0.6 is 0 Å². The van der Waals surface area contributed by atoms with Crippen LogP contribution in [0.3, 0.4) is 0 Å². The highest BCUT2D eigenvalue weighted by atomic mass is 19.1. The number of aromatic nitrogens is 1. The Kier molecular flexibility index (Phi) is 7.69. The second-order valence-electron chi connectivity index (χ2n) is 7.28. The lowest BCUT2D eigenvalue weighted by atomic mass is 9.99. The van der Waals surface area contributed by atoms with Crippen LogP contribution in [-0.4, -0.2) is 22.9 Å². The second-order valence-corrected chi connectivity index (χ2v) is 7.28. The van der Waals surface area contributed by atoms with E-state index in [0.717, 1.165) is 22.4 Å². The molecule has 0 saturated heterocycles. The Bertz CT molecular complexity index is 945. The molecule has 1 aromatic heterocycles. The van der Waals surface area contributed by atoms with Crippen LogP contribution in [0.15, 0.2) is 72.9 Å². The fourth-order valence-electron chi connectivity index (χ4n) is 3.55. The third-order valence-corrected chi connectivity index (χ3v) is 5.19. The van der Waals surface area contributed by atoms with E-state index >= 15 is 0 Å². The number of pyridine rings is 1. The average molecular weight is 407 g/mol. The molecule has 5 heteroatoms. The van der Waals surface area contributed by atoms with E-state index in [1.165, 1.54) is 12.1 Å². The zero-order valence-electron chi connectivity index (χ0n) is 17.4. The molecule has 0 aliphatic heterocycles. The van der Waals surface area contributed by atoms with E-state index in [1.807, 2.05) is 54.3 Å². The highest BCUT2D eigenvalue weighted by Crippen LogP contribution is 2.27. The third-order valence-electron chi connectivity index (χ3n) is 5.19. The number of nitrogens with zero attached hydrogens (tertiary/aromatic N) is 2. The average Bonchev–Trinajstić information content (AvgIpc) is 2.78. The first kappa shape index (κ1) is 21.7. The number of ether oxygens (including phenoxy) is 1. The van der Waals surface area contributed by atoms with Crippen molar-refractivity contribution in [3.63, 3.8) is 0 Å². The molecular weight excluding hydrogens is 379 g/mol. The minimum absolute atomic E-state index is 0.0321. The van der Waals surface area contributed by atoms with E-state index in [1.54, 1.807) is 25.4 Å². The number of amides is 1. The summed E-state index contributed by atoms with van der Waals surface area (Å²) in [6, 6.07) is 19.9. The van der Waals surface area contributed by atoms with Gasteiger partial charge in [0, 0.05) is 19.7 Å². The topological polar surface area (TPSA) is 42.4 Å². The summed E-state index contributed by atoms with van der Waals surface area (Å²) in [4.78, 5) is 19.5. The molecule has 3 rings (SSSR count). The maximum Gasteiger partial charge on any atom is 0.223 e. The zero-order chi connectivity index (χ0) is 21.3. The number of halogens is 1. The van der Waals surface area contributed by atoms with Gasteiger partial charge >= 0.3 is 0 Å². The number of carbonyl (C=O) groups excluding carboxylic acids is 1. The van der Waals surface area contributed by atoms with Crippen molar-refractivity contribution in [3.05, 3.63) is 101 Å². The van der Waals surface area contributed by atoms with E-state index in [2.05, 4.69) is 4.98 Å². The Morgan fingerprint density at radius 3 is 2.50 bits per heavy atom. The standard InChI is InChI=1S/C25H27FN2O2/c1-19(24-9-4-3-7-21(24)18-30-2)28(17-23-8-5-6-16-27-23)25(29)15-12-20-10-13-22(26)14-11-20/h3-11,13-14,16,19H,12,15,17-18H2,1-2H3/t19-/m1/s1. The van der Waals surface area contributed by atoms with Crippen molar-refractivity contribution >= 4 is 5.91 Å². The molecular formula is C25H27FN2O2. The Hall–Kier alpha value is -3.05. The summed E-state index contributed by atoms with van der Waals surface area (Å²) in [5, 5.41) is 0. The minimum atomic E-state index is -0.273. The van der Waals surface area contributed by atoms with Crippen LogP contribution in [-0.2, 0) is 29.1 Å². The zero-order valence-corrected chi connectivity index (χ0v) is 17.4. The molecule has 1 heterocycles. The summed E-state index contributed by atoms with van der Waals surface area (Å²) in [7, 11) is 1.67. The van der Waals surface area contributed by atoms with Gasteiger partial charge in [0.2, 0.25) is 5.91 Å². The van der Waals surface area contributed by atoms with E-state index in [0.29, 0.717) is 26.0 Å². The predicted octanol–water partition coefficient (Wildman–Crippen LogP) is 5.09. The third kappa shape index (κ3) is 5.74. The monoisotopic (exact) mass is 406 g/mol. The van der Waals surface area contributed by atoms with Crippen molar-refractivity contribution in [2.24, 2.45) is 0 Å². The molecule has 156 valence electrons. The normalized spacial score (nSPS) is 11.8. The molecule has 1 amide bonds. The number of aryl methyl sites for hydroxylation is 1. The van der Waals surface area contributed by atoms with Crippen LogP contribution in [0.25, 0.3) is 0 Å². The van der Waals surface area contributed by atoms with Crippen LogP contribution in [0.5, 0.6) is 0 Å². The minimum Gasteiger partial charge on any atom is -0.380 e. The summed E-state index contributed by atoms with van der Waals surface area (Å²) in [6.45, 7) is 2.94. The summed E-state index contributed by atoms with van der Waals surface area (Å²) in [5.74, 6) is -0.241. The summed E-state index contributed by atoms with van der Waals surface area (Å²) in [5.41, 5.74) is 3.90. The molecule has 1 atom stereocenters. The van der Waals surface area contributed by atoms with E-state index in [4.69, 9.17) is 4.74 Å². The summed E-state index contributed by atoms with van der Waals surface area (Å²) >= 11 is 0. The molecule has 0 aliphatic rings. The first-order chi connectivity index (χ1) is 14.6. The van der Waals surface area contributed by atoms with Crippen molar-refractivity contribution in [1.82, 2.24) is 9.88 Å². The Morgan fingerprint density at radius 2 is 1.80 bits per heavy atom. The molecule has 3 aromatic rings. The van der Waals surface area contributed by atoms with Gasteiger partial charge in [-0.25, -0.2) is 4.39 Å². The van der Waals surface area contributed by atoms with Crippen molar-refractivity contribution in [1.29, 1.82) is 0 Å². The molecule has 30 heavy (non-hydrogen) atoms. The van der Waals surface area contributed by atoms with Crippen LogP contribution < -0.4 is 0 Å². The number of hydrogen-bond acceptors (Lipinski definition) is 3. The van der Waals surface area contributed by atoms with E-state index < -0.39 is 0 Å². The van der Waals surface area contributed by atoms with Crippen LogP contribution in [0.2, 0.25) is 0 Å². The molecule has 4 nitrogen and oxygen atoms in total. The lowest BCUT2D eigenvalue weighted by Crippen LogP contribution is -2.34. The molecule has 0 unspecified atom stereocenters. The molecule has 0 N–H and O–H groups in total. The Labute approximate surface area is 177 Å². The summed E-state index contributed by atoms with van der Waals surface area (Å²) < 4.78 is 18.5. The number of rotatable bonds is 9. The van der Waals surface area contributed by atoms with Crippen molar-refractivity contribution in [2.75, 3.05) is 7.11 Å².